The number of hydrogen-bond acceptors (Lipinski definition) is 4. The van der Waals surface area contributed by atoms with E-state index in [1.54, 1.807) is 20.3 Å². The molecule has 0 fully saturated rings. The predicted molar refractivity (Wildman–Crippen MR) is 86.5 cm³/mol. The Hall–Kier alpha value is -1.72. The first-order valence-corrected chi connectivity index (χ1v) is 7.35. The summed E-state index contributed by atoms with van der Waals surface area (Å²) < 4.78 is 17.2. The largest absolute Gasteiger partial charge is 0.496 e. The Balaban J connectivity index is 2.25. The van der Waals surface area contributed by atoms with E-state index in [-0.39, 0.29) is 0 Å². The van der Waals surface area contributed by atoms with Gasteiger partial charge < -0.3 is 19.9 Å². The number of halogens is 1. The topological polar surface area (TPSA) is 53.7 Å². The molecule has 0 radical (unpaired) electrons. The van der Waals surface area contributed by atoms with Gasteiger partial charge in [0, 0.05) is 18.2 Å². The molecule has 2 rings (SSSR count). The molecule has 0 aliphatic rings. The molecule has 0 atom stereocenters. The monoisotopic (exact) mass is 351 g/mol. The second-order valence-electron chi connectivity index (χ2n) is 4.45. The third kappa shape index (κ3) is 4.12. The smallest absolute Gasteiger partial charge is 0.141 e. The van der Waals surface area contributed by atoms with Gasteiger partial charge in [-0.3, -0.25) is 0 Å². The van der Waals surface area contributed by atoms with Gasteiger partial charge in [0.25, 0.3) is 0 Å². The molecule has 0 aromatic heterocycles. The molecule has 0 amide bonds. The van der Waals surface area contributed by atoms with Crippen LogP contribution in [-0.4, -0.2) is 20.8 Å². The summed E-state index contributed by atoms with van der Waals surface area (Å²) in [5, 5.41) is 0. The van der Waals surface area contributed by atoms with Crippen molar-refractivity contribution in [2.24, 2.45) is 5.73 Å². The lowest BCUT2D eigenvalue weighted by molar-refractivity contribution is 0.386. The highest BCUT2D eigenvalue weighted by Crippen LogP contribution is 2.34. The van der Waals surface area contributed by atoms with Crippen LogP contribution in [0.15, 0.2) is 40.9 Å². The van der Waals surface area contributed by atoms with Gasteiger partial charge in [0.15, 0.2) is 0 Å². The molecule has 112 valence electrons. The Labute approximate surface area is 132 Å². The van der Waals surface area contributed by atoms with Gasteiger partial charge in [-0.15, -0.1) is 0 Å². The lowest BCUT2D eigenvalue weighted by atomic mass is 10.1. The molecule has 2 aromatic rings. The zero-order valence-corrected chi connectivity index (χ0v) is 13.6. The second kappa shape index (κ2) is 7.33. The van der Waals surface area contributed by atoms with Crippen LogP contribution in [0.3, 0.4) is 0 Å². The first-order chi connectivity index (χ1) is 10.2. The molecule has 0 spiro atoms. The summed E-state index contributed by atoms with van der Waals surface area (Å²) in [6, 6.07) is 11.3. The Bertz CT molecular complexity index is 594. The van der Waals surface area contributed by atoms with E-state index in [0.29, 0.717) is 23.8 Å². The van der Waals surface area contributed by atoms with Gasteiger partial charge >= 0.3 is 0 Å². The highest BCUT2D eigenvalue weighted by molar-refractivity contribution is 9.10. The predicted octanol–water partition coefficient (Wildman–Crippen LogP) is 3.76. The molecule has 2 aromatic carbocycles. The fourth-order valence-electron chi connectivity index (χ4n) is 1.92. The minimum Gasteiger partial charge on any atom is -0.496 e. The molecule has 0 aliphatic heterocycles. The van der Waals surface area contributed by atoms with Crippen molar-refractivity contribution in [3.63, 3.8) is 0 Å². The van der Waals surface area contributed by atoms with Gasteiger partial charge in [-0.05, 0) is 46.6 Å². The van der Waals surface area contributed by atoms with Crippen LogP contribution in [-0.2, 0) is 6.42 Å². The molecule has 0 heterocycles. The molecule has 21 heavy (non-hydrogen) atoms. The van der Waals surface area contributed by atoms with Crippen molar-refractivity contribution in [3.05, 3.63) is 46.4 Å². The fourth-order valence-corrected chi connectivity index (χ4v) is 2.42. The van der Waals surface area contributed by atoms with Crippen molar-refractivity contribution in [2.75, 3.05) is 20.8 Å². The average molecular weight is 352 g/mol. The fraction of sp³-hybridized carbons (Fsp3) is 0.250. The summed E-state index contributed by atoms with van der Waals surface area (Å²) in [7, 11) is 3.21. The molecule has 2 N–H and O–H groups in total. The minimum absolute atomic E-state index is 0.625. The summed E-state index contributed by atoms with van der Waals surface area (Å²) >= 11 is 3.52. The van der Waals surface area contributed by atoms with E-state index in [0.717, 1.165) is 16.6 Å². The van der Waals surface area contributed by atoms with Crippen molar-refractivity contribution in [3.8, 4) is 23.0 Å². The molecule has 0 aliphatic carbocycles. The summed E-state index contributed by atoms with van der Waals surface area (Å²) in [6.07, 6.45) is 0.839. The number of ether oxygens (including phenoxy) is 3. The molecule has 5 heteroatoms. The van der Waals surface area contributed by atoms with E-state index in [1.165, 1.54) is 5.56 Å². The minimum atomic E-state index is 0.625. The first kappa shape index (κ1) is 15.7. The van der Waals surface area contributed by atoms with Crippen molar-refractivity contribution in [1.29, 1.82) is 0 Å². The van der Waals surface area contributed by atoms with Crippen LogP contribution in [0.4, 0.5) is 0 Å². The third-order valence-electron chi connectivity index (χ3n) is 2.98. The molecular formula is C16H18BrNO3. The average Bonchev–Trinajstić information content (AvgIpc) is 2.50. The van der Waals surface area contributed by atoms with Crippen LogP contribution in [0.5, 0.6) is 23.0 Å². The summed E-state index contributed by atoms with van der Waals surface area (Å²) in [6.45, 7) is 0.625. The van der Waals surface area contributed by atoms with E-state index in [4.69, 9.17) is 19.9 Å². The summed E-state index contributed by atoms with van der Waals surface area (Å²) in [4.78, 5) is 0. The summed E-state index contributed by atoms with van der Waals surface area (Å²) in [5.41, 5.74) is 6.73. The second-order valence-corrected chi connectivity index (χ2v) is 5.31. The molecule has 0 saturated carbocycles. The maximum atomic E-state index is 5.89. The van der Waals surface area contributed by atoms with Crippen LogP contribution in [0.25, 0.3) is 0 Å². The van der Waals surface area contributed by atoms with Crippen molar-refractivity contribution in [1.82, 2.24) is 0 Å². The summed E-state index contributed by atoms with van der Waals surface area (Å²) in [5.74, 6) is 2.74. The Morgan fingerprint density at radius 1 is 0.952 bits per heavy atom. The lowest BCUT2D eigenvalue weighted by Gasteiger charge is -2.12. The van der Waals surface area contributed by atoms with E-state index >= 15 is 0 Å². The quantitative estimate of drug-likeness (QED) is 0.860. The molecule has 4 nitrogen and oxygen atoms in total. The van der Waals surface area contributed by atoms with E-state index in [2.05, 4.69) is 15.9 Å². The zero-order chi connectivity index (χ0) is 15.2. The highest BCUT2D eigenvalue weighted by Gasteiger charge is 2.07. The number of nitrogens with two attached hydrogens (primary N) is 1. The third-order valence-corrected chi connectivity index (χ3v) is 3.60. The number of rotatable bonds is 6. The molecule has 0 unspecified atom stereocenters. The SMILES string of the molecule is COc1cc(OC)cc(Oc2ccc(CCN)cc2Br)c1. The van der Waals surface area contributed by atoms with Gasteiger partial charge in [-0.2, -0.15) is 0 Å². The van der Waals surface area contributed by atoms with Crippen LogP contribution in [0, 0.1) is 0 Å². The Morgan fingerprint density at radius 3 is 2.10 bits per heavy atom. The van der Waals surface area contributed by atoms with Crippen LogP contribution in [0.2, 0.25) is 0 Å². The van der Waals surface area contributed by atoms with Gasteiger partial charge in [0.05, 0.1) is 18.7 Å². The maximum Gasteiger partial charge on any atom is 0.141 e. The number of hydrogen-bond donors (Lipinski definition) is 1. The van der Waals surface area contributed by atoms with Crippen molar-refractivity contribution in [2.45, 2.75) is 6.42 Å². The first-order valence-electron chi connectivity index (χ1n) is 6.55. The zero-order valence-electron chi connectivity index (χ0n) is 12.1. The standard InChI is InChI=1S/C16H18BrNO3/c1-19-12-8-13(20-2)10-14(9-12)21-16-4-3-11(5-6-18)7-15(16)17/h3-4,7-10H,5-6,18H2,1-2H3. The van der Waals surface area contributed by atoms with Gasteiger partial charge in [0.1, 0.15) is 23.0 Å². The molecule has 0 bridgehead atoms. The van der Waals surface area contributed by atoms with Crippen LogP contribution in [0.1, 0.15) is 5.56 Å². The highest BCUT2D eigenvalue weighted by atomic mass is 79.9. The molecular weight excluding hydrogens is 334 g/mol. The Morgan fingerprint density at radius 2 is 1.57 bits per heavy atom. The van der Waals surface area contributed by atoms with Gasteiger partial charge in [-0.1, -0.05) is 6.07 Å². The van der Waals surface area contributed by atoms with Crippen molar-refractivity contribution < 1.29 is 14.2 Å². The van der Waals surface area contributed by atoms with Crippen molar-refractivity contribution >= 4 is 15.9 Å². The normalized spacial score (nSPS) is 10.3. The molecule has 0 saturated heterocycles. The number of methoxy groups -OCH3 is 2. The van der Waals surface area contributed by atoms with Crippen LogP contribution >= 0.6 is 15.9 Å². The van der Waals surface area contributed by atoms with Gasteiger partial charge in [0.2, 0.25) is 0 Å². The maximum absolute atomic E-state index is 5.89. The number of benzene rings is 2. The lowest BCUT2D eigenvalue weighted by Crippen LogP contribution is -2.02. The van der Waals surface area contributed by atoms with Gasteiger partial charge in [-0.25, -0.2) is 0 Å². The van der Waals surface area contributed by atoms with E-state index < -0.39 is 0 Å². The van der Waals surface area contributed by atoms with E-state index in [1.807, 2.05) is 30.3 Å². The van der Waals surface area contributed by atoms with Crippen LogP contribution < -0.4 is 19.9 Å². The Kier molecular flexibility index (Phi) is 5.47. The van der Waals surface area contributed by atoms with E-state index in [9.17, 15) is 0 Å².